The van der Waals surface area contributed by atoms with Gasteiger partial charge in [-0.3, -0.25) is 0 Å². The Kier molecular flexibility index (Phi) is 4.23. The van der Waals surface area contributed by atoms with Gasteiger partial charge in [0.2, 0.25) is 0 Å². The zero-order valence-electron chi connectivity index (χ0n) is 13.4. The molecule has 1 aliphatic carbocycles. The van der Waals surface area contributed by atoms with Crippen LogP contribution >= 0.6 is 0 Å². The number of aliphatic hydroxyl groups is 1. The monoisotopic (exact) mass is 288 g/mol. The molecule has 0 saturated heterocycles. The number of aliphatic hydroxyl groups excluding tert-OH is 1. The maximum Gasteiger partial charge on any atom is 0.0614 e. The second-order valence-corrected chi connectivity index (χ2v) is 6.87. The molecule has 2 atom stereocenters. The van der Waals surface area contributed by atoms with E-state index < -0.39 is 0 Å². The van der Waals surface area contributed by atoms with Crippen LogP contribution in [0.4, 0.5) is 5.69 Å². The van der Waals surface area contributed by atoms with Crippen LogP contribution in [-0.2, 0) is 6.42 Å². The van der Waals surface area contributed by atoms with E-state index in [9.17, 15) is 5.11 Å². The molecule has 1 aliphatic heterocycles. The van der Waals surface area contributed by atoms with E-state index in [0.29, 0.717) is 6.04 Å². The molecule has 3 heteroatoms. The Morgan fingerprint density at radius 3 is 3.00 bits per heavy atom. The summed E-state index contributed by atoms with van der Waals surface area (Å²) in [6.07, 6.45) is 7.04. The molecule has 21 heavy (non-hydrogen) atoms. The van der Waals surface area contributed by atoms with Crippen LogP contribution in [0.5, 0.6) is 0 Å². The second-order valence-electron chi connectivity index (χ2n) is 6.87. The molecule has 116 valence electrons. The highest BCUT2D eigenvalue weighted by atomic mass is 16.3. The molecule has 3 rings (SSSR count). The van der Waals surface area contributed by atoms with E-state index in [-0.39, 0.29) is 12.1 Å². The van der Waals surface area contributed by atoms with Crippen LogP contribution < -0.4 is 10.2 Å². The highest BCUT2D eigenvalue weighted by molar-refractivity contribution is 5.57. The average Bonchev–Trinajstić information content (AvgIpc) is 2.54. The molecule has 0 aromatic heterocycles. The van der Waals surface area contributed by atoms with Crippen LogP contribution in [0.3, 0.4) is 0 Å². The summed E-state index contributed by atoms with van der Waals surface area (Å²) in [5, 5.41) is 13.2. The first kappa shape index (κ1) is 14.9. The van der Waals surface area contributed by atoms with E-state index >= 15 is 0 Å². The standard InChI is InChI=1S/C18H28N2O/c1-14-7-8-17-15(11-14)5-4-10-20(17)16-6-3-9-18(12-16,13-21)19-2/h7-8,11,16,19,21H,3-6,9-10,12-13H2,1-2H3. The van der Waals surface area contributed by atoms with Crippen molar-refractivity contribution in [1.29, 1.82) is 0 Å². The van der Waals surface area contributed by atoms with Gasteiger partial charge in [-0.25, -0.2) is 0 Å². The summed E-state index contributed by atoms with van der Waals surface area (Å²) >= 11 is 0. The van der Waals surface area contributed by atoms with Crippen LogP contribution in [0.2, 0.25) is 0 Å². The van der Waals surface area contributed by atoms with E-state index in [1.54, 1.807) is 0 Å². The van der Waals surface area contributed by atoms with Gasteiger partial charge in [-0.2, -0.15) is 0 Å². The van der Waals surface area contributed by atoms with Crippen molar-refractivity contribution in [1.82, 2.24) is 5.32 Å². The van der Waals surface area contributed by atoms with Crippen LogP contribution in [0.15, 0.2) is 18.2 Å². The normalized spacial score (nSPS) is 29.3. The maximum absolute atomic E-state index is 9.81. The number of aryl methyl sites for hydroxylation is 2. The summed E-state index contributed by atoms with van der Waals surface area (Å²) in [6.45, 7) is 3.58. The molecule has 1 aromatic rings. The lowest BCUT2D eigenvalue weighted by atomic mass is 9.78. The lowest BCUT2D eigenvalue weighted by molar-refractivity contribution is 0.118. The molecule has 0 amide bonds. The zero-order chi connectivity index (χ0) is 14.9. The molecular formula is C18H28N2O. The van der Waals surface area contributed by atoms with Gasteiger partial charge in [-0.1, -0.05) is 17.7 Å². The first-order chi connectivity index (χ1) is 10.2. The second kappa shape index (κ2) is 5.98. The van der Waals surface area contributed by atoms with Crippen molar-refractivity contribution in [3.8, 4) is 0 Å². The molecule has 3 nitrogen and oxygen atoms in total. The molecule has 1 aromatic carbocycles. The summed E-state index contributed by atoms with van der Waals surface area (Å²) in [4.78, 5) is 2.61. The fraction of sp³-hybridized carbons (Fsp3) is 0.667. The van der Waals surface area contributed by atoms with E-state index in [1.807, 2.05) is 7.05 Å². The molecule has 2 N–H and O–H groups in total. The highest BCUT2D eigenvalue weighted by Crippen LogP contribution is 2.37. The number of likely N-dealkylation sites (N-methyl/N-ethyl adjacent to an activating group) is 1. The van der Waals surface area contributed by atoms with Crippen molar-refractivity contribution in [2.45, 2.75) is 57.0 Å². The van der Waals surface area contributed by atoms with Gasteiger partial charge in [-0.05, 0) is 64.1 Å². The molecule has 0 bridgehead atoms. The van der Waals surface area contributed by atoms with Gasteiger partial charge in [0, 0.05) is 23.8 Å². The minimum Gasteiger partial charge on any atom is -0.394 e. The Bertz CT molecular complexity index is 496. The number of hydrogen-bond donors (Lipinski definition) is 2. The van der Waals surface area contributed by atoms with Gasteiger partial charge in [0.05, 0.1) is 6.61 Å². The maximum atomic E-state index is 9.81. The lowest BCUT2D eigenvalue weighted by Gasteiger charge is -2.46. The summed E-state index contributed by atoms with van der Waals surface area (Å²) in [5.41, 5.74) is 4.22. The third kappa shape index (κ3) is 2.82. The first-order valence-corrected chi connectivity index (χ1v) is 8.33. The predicted octanol–water partition coefficient (Wildman–Crippen LogP) is 2.64. The molecule has 1 heterocycles. The topological polar surface area (TPSA) is 35.5 Å². The molecule has 1 fully saturated rings. The summed E-state index contributed by atoms with van der Waals surface area (Å²) in [6, 6.07) is 7.44. The van der Waals surface area contributed by atoms with Gasteiger partial charge in [-0.15, -0.1) is 0 Å². The summed E-state index contributed by atoms with van der Waals surface area (Å²) < 4.78 is 0. The molecule has 1 saturated carbocycles. The average molecular weight is 288 g/mol. The lowest BCUT2D eigenvalue weighted by Crippen LogP contribution is -2.55. The molecule has 0 radical (unpaired) electrons. The van der Waals surface area contributed by atoms with Crippen LogP contribution in [0.25, 0.3) is 0 Å². The number of benzene rings is 1. The fourth-order valence-electron chi connectivity index (χ4n) is 4.18. The Hall–Kier alpha value is -1.06. The minimum absolute atomic E-state index is 0.0782. The third-order valence-corrected chi connectivity index (χ3v) is 5.48. The number of rotatable bonds is 3. The molecular weight excluding hydrogens is 260 g/mol. The van der Waals surface area contributed by atoms with Crippen molar-refractivity contribution < 1.29 is 5.11 Å². The Labute approximate surface area is 128 Å². The number of nitrogens with one attached hydrogen (secondary N) is 1. The Balaban J connectivity index is 1.85. The third-order valence-electron chi connectivity index (χ3n) is 5.48. The smallest absolute Gasteiger partial charge is 0.0614 e. The van der Waals surface area contributed by atoms with Crippen LogP contribution in [0.1, 0.15) is 43.2 Å². The predicted molar refractivity (Wildman–Crippen MR) is 88.0 cm³/mol. The van der Waals surface area contributed by atoms with E-state index in [4.69, 9.17) is 0 Å². The van der Waals surface area contributed by atoms with E-state index in [2.05, 4.69) is 35.3 Å². The van der Waals surface area contributed by atoms with Crippen molar-refractivity contribution in [3.05, 3.63) is 29.3 Å². The Morgan fingerprint density at radius 2 is 2.24 bits per heavy atom. The highest BCUT2D eigenvalue weighted by Gasteiger charge is 2.37. The number of hydrogen-bond acceptors (Lipinski definition) is 3. The molecule has 2 unspecified atom stereocenters. The van der Waals surface area contributed by atoms with Gasteiger partial charge in [0.1, 0.15) is 0 Å². The van der Waals surface area contributed by atoms with Gasteiger partial charge in [0.15, 0.2) is 0 Å². The van der Waals surface area contributed by atoms with Crippen molar-refractivity contribution in [3.63, 3.8) is 0 Å². The van der Waals surface area contributed by atoms with Gasteiger partial charge >= 0.3 is 0 Å². The van der Waals surface area contributed by atoms with Crippen molar-refractivity contribution in [2.75, 3.05) is 25.1 Å². The van der Waals surface area contributed by atoms with Crippen LogP contribution in [0, 0.1) is 6.92 Å². The Morgan fingerprint density at radius 1 is 1.38 bits per heavy atom. The number of anilines is 1. The summed E-state index contributed by atoms with van der Waals surface area (Å²) in [7, 11) is 1.99. The van der Waals surface area contributed by atoms with Crippen LogP contribution in [-0.4, -0.2) is 36.9 Å². The fourth-order valence-corrected chi connectivity index (χ4v) is 4.18. The SMILES string of the molecule is CNC1(CO)CCCC(N2CCCc3cc(C)ccc32)C1. The summed E-state index contributed by atoms with van der Waals surface area (Å²) in [5.74, 6) is 0. The van der Waals surface area contributed by atoms with Crippen molar-refractivity contribution in [2.24, 2.45) is 0 Å². The number of nitrogens with zero attached hydrogens (tertiary/aromatic N) is 1. The quantitative estimate of drug-likeness (QED) is 0.897. The number of fused-ring (bicyclic) bond motifs is 1. The first-order valence-electron chi connectivity index (χ1n) is 8.33. The molecule has 0 spiro atoms. The van der Waals surface area contributed by atoms with Crippen molar-refractivity contribution >= 4 is 5.69 Å². The van der Waals surface area contributed by atoms with Gasteiger partial charge in [0.25, 0.3) is 0 Å². The van der Waals surface area contributed by atoms with Gasteiger partial charge < -0.3 is 15.3 Å². The van der Waals surface area contributed by atoms with E-state index in [0.717, 1.165) is 19.4 Å². The van der Waals surface area contributed by atoms with E-state index in [1.165, 1.54) is 42.5 Å². The minimum atomic E-state index is -0.0782. The molecule has 2 aliphatic rings. The largest absolute Gasteiger partial charge is 0.394 e. The zero-order valence-corrected chi connectivity index (χ0v) is 13.4.